The predicted octanol–water partition coefficient (Wildman–Crippen LogP) is 4.52. The van der Waals surface area contributed by atoms with Crippen molar-refractivity contribution in [3.63, 3.8) is 0 Å². The molecular formula is C21H16ClNO5. The van der Waals surface area contributed by atoms with E-state index in [2.05, 4.69) is 5.32 Å². The average Bonchev–Trinajstić information content (AvgIpc) is 3.17. The Bertz CT molecular complexity index is 1020. The first-order chi connectivity index (χ1) is 13.5. The number of ether oxygens (including phenoxy) is 1. The lowest BCUT2D eigenvalue weighted by molar-refractivity contribution is -0.119. The Labute approximate surface area is 166 Å². The molecule has 2 aromatic carbocycles. The maximum absolute atomic E-state index is 12.3. The summed E-state index contributed by atoms with van der Waals surface area (Å²) in [4.78, 5) is 35.1. The van der Waals surface area contributed by atoms with Gasteiger partial charge in [-0.05, 0) is 49.4 Å². The molecule has 0 spiro atoms. The molecule has 0 radical (unpaired) electrons. The molecule has 0 aliphatic rings. The Hall–Kier alpha value is -3.38. The minimum absolute atomic E-state index is 0.0892. The number of carbonyl (C=O) groups is 3. The molecule has 0 aliphatic carbocycles. The Morgan fingerprint density at radius 2 is 1.86 bits per heavy atom. The molecule has 28 heavy (non-hydrogen) atoms. The van der Waals surface area contributed by atoms with Crippen molar-refractivity contribution in [3.05, 3.63) is 76.5 Å². The van der Waals surface area contributed by atoms with E-state index in [4.69, 9.17) is 20.8 Å². The fourth-order valence-corrected chi connectivity index (χ4v) is 2.64. The van der Waals surface area contributed by atoms with Crippen molar-refractivity contribution in [2.75, 3.05) is 11.9 Å². The SMILES string of the molecule is Cc1ccc(NC(=O)COC(=O)c2cc(-c3ccc(C=O)o3)ccc2Cl)cc1. The van der Waals surface area contributed by atoms with Crippen molar-refractivity contribution in [1.29, 1.82) is 0 Å². The zero-order valence-electron chi connectivity index (χ0n) is 14.9. The van der Waals surface area contributed by atoms with Gasteiger partial charge in [0.2, 0.25) is 0 Å². The molecular weight excluding hydrogens is 382 g/mol. The Morgan fingerprint density at radius 3 is 2.54 bits per heavy atom. The van der Waals surface area contributed by atoms with Gasteiger partial charge in [0.05, 0.1) is 10.6 Å². The van der Waals surface area contributed by atoms with Gasteiger partial charge in [-0.2, -0.15) is 0 Å². The van der Waals surface area contributed by atoms with Crippen molar-refractivity contribution in [2.24, 2.45) is 0 Å². The first-order valence-corrected chi connectivity index (χ1v) is 8.72. The van der Waals surface area contributed by atoms with Gasteiger partial charge in [0.15, 0.2) is 18.7 Å². The summed E-state index contributed by atoms with van der Waals surface area (Å²) in [6, 6.07) is 15.0. The van der Waals surface area contributed by atoms with Crippen LogP contribution in [0.15, 0.2) is 59.0 Å². The molecule has 0 atom stereocenters. The third-order valence-electron chi connectivity index (χ3n) is 3.88. The minimum Gasteiger partial charge on any atom is -0.453 e. The van der Waals surface area contributed by atoms with Gasteiger partial charge in [-0.3, -0.25) is 9.59 Å². The number of furan rings is 1. The van der Waals surface area contributed by atoms with Crippen molar-refractivity contribution in [3.8, 4) is 11.3 Å². The topological polar surface area (TPSA) is 85.6 Å². The van der Waals surface area contributed by atoms with Gasteiger partial charge in [-0.15, -0.1) is 0 Å². The van der Waals surface area contributed by atoms with Crippen molar-refractivity contribution in [2.45, 2.75) is 6.92 Å². The summed E-state index contributed by atoms with van der Waals surface area (Å²) in [7, 11) is 0. The Balaban J connectivity index is 1.66. The number of halogens is 1. The van der Waals surface area contributed by atoms with Gasteiger partial charge < -0.3 is 14.5 Å². The maximum atomic E-state index is 12.3. The smallest absolute Gasteiger partial charge is 0.340 e. The molecule has 0 aliphatic heterocycles. The van der Waals surface area contributed by atoms with E-state index < -0.39 is 18.5 Å². The third kappa shape index (κ3) is 4.66. The van der Waals surface area contributed by atoms with E-state index in [-0.39, 0.29) is 16.3 Å². The highest BCUT2D eigenvalue weighted by molar-refractivity contribution is 6.33. The van der Waals surface area contributed by atoms with Gasteiger partial charge in [-0.25, -0.2) is 4.79 Å². The van der Waals surface area contributed by atoms with Gasteiger partial charge in [0, 0.05) is 11.3 Å². The van der Waals surface area contributed by atoms with E-state index in [1.165, 1.54) is 18.2 Å². The number of amides is 1. The van der Waals surface area contributed by atoms with Crippen LogP contribution in [0, 0.1) is 6.92 Å². The molecule has 1 amide bonds. The first-order valence-electron chi connectivity index (χ1n) is 8.35. The molecule has 0 fully saturated rings. The molecule has 3 aromatic rings. The fraction of sp³-hybridized carbons (Fsp3) is 0.0952. The van der Waals surface area contributed by atoms with E-state index in [1.54, 1.807) is 24.3 Å². The van der Waals surface area contributed by atoms with Crippen LogP contribution in [0.5, 0.6) is 0 Å². The van der Waals surface area contributed by atoms with Crippen LogP contribution in [-0.4, -0.2) is 24.8 Å². The summed E-state index contributed by atoms with van der Waals surface area (Å²) in [5.74, 6) is -0.633. The van der Waals surface area contributed by atoms with Crippen LogP contribution in [0.3, 0.4) is 0 Å². The minimum atomic E-state index is -0.743. The van der Waals surface area contributed by atoms with Gasteiger partial charge in [-0.1, -0.05) is 29.3 Å². The number of nitrogens with one attached hydrogen (secondary N) is 1. The molecule has 3 rings (SSSR count). The number of benzene rings is 2. The number of anilines is 1. The largest absolute Gasteiger partial charge is 0.453 e. The molecule has 1 N–H and O–H groups in total. The molecule has 0 bridgehead atoms. The standard InChI is InChI=1S/C21H16ClNO5/c1-13-2-5-15(6-3-13)23-20(25)12-27-21(26)17-10-14(4-8-18(17)22)19-9-7-16(11-24)28-19/h2-11H,12H2,1H3,(H,23,25). The van der Waals surface area contributed by atoms with Crippen molar-refractivity contribution < 1.29 is 23.5 Å². The normalized spacial score (nSPS) is 10.4. The van der Waals surface area contributed by atoms with E-state index in [9.17, 15) is 14.4 Å². The summed E-state index contributed by atoms with van der Waals surface area (Å²) >= 11 is 6.08. The third-order valence-corrected chi connectivity index (χ3v) is 4.21. The molecule has 0 saturated heterocycles. The number of esters is 1. The number of rotatable bonds is 6. The second-order valence-electron chi connectivity index (χ2n) is 6.00. The number of hydrogen-bond donors (Lipinski definition) is 1. The quantitative estimate of drug-likeness (QED) is 0.488. The lowest BCUT2D eigenvalue weighted by Gasteiger charge is -2.09. The maximum Gasteiger partial charge on any atom is 0.340 e. The number of aldehydes is 1. The van der Waals surface area contributed by atoms with Crippen LogP contribution in [0.25, 0.3) is 11.3 Å². The summed E-state index contributed by atoms with van der Waals surface area (Å²) < 4.78 is 10.4. The lowest BCUT2D eigenvalue weighted by atomic mass is 10.1. The first kappa shape index (κ1) is 19.4. The fourth-order valence-electron chi connectivity index (χ4n) is 2.45. The number of carbonyl (C=O) groups excluding carboxylic acids is 3. The van der Waals surface area contributed by atoms with Crippen LogP contribution in [0.2, 0.25) is 5.02 Å². The average molecular weight is 398 g/mol. The number of aryl methyl sites for hydroxylation is 1. The Kier molecular flexibility index (Phi) is 5.91. The number of hydrogen-bond acceptors (Lipinski definition) is 5. The second-order valence-corrected chi connectivity index (χ2v) is 6.41. The molecule has 7 heteroatoms. The highest BCUT2D eigenvalue weighted by atomic mass is 35.5. The molecule has 142 valence electrons. The highest BCUT2D eigenvalue weighted by Crippen LogP contribution is 2.27. The molecule has 1 heterocycles. The summed E-state index contributed by atoms with van der Waals surface area (Å²) in [5, 5.41) is 2.82. The molecule has 0 unspecified atom stereocenters. The van der Waals surface area contributed by atoms with Crippen LogP contribution in [-0.2, 0) is 9.53 Å². The van der Waals surface area contributed by atoms with Gasteiger partial charge >= 0.3 is 5.97 Å². The molecule has 6 nitrogen and oxygen atoms in total. The van der Waals surface area contributed by atoms with Crippen LogP contribution in [0.1, 0.15) is 26.5 Å². The van der Waals surface area contributed by atoms with Gasteiger partial charge in [0.1, 0.15) is 5.76 Å². The zero-order chi connectivity index (χ0) is 20.1. The summed E-state index contributed by atoms with van der Waals surface area (Å²) in [6.07, 6.45) is 0.585. The van der Waals surface area contributed by atoms with E-state index in [0.717, 1.165) is 5.56 Å². The summed E-state index contributed by atoms with van der Waals surface area (Å²) in [6.45, 7) is 1.48. The van der Waals surface area contributed by atoms with Crippen LogP contribution in [0.4, 0.5) is 5.69 Å². The Morgan fingerprint density at radius 1 is 1.11 bits per heavy atom. The van der Waals surface area contributed by atoms with Crippen LogP contribution < -0.4 is 5.32 Å². The zero-order valence-corrected chi connectivity index (χ0v) is 15.7. The van der Waals surface area contributed by atoms with Crippen molar-refractivity contribution in [1.82, 2.24) is 0 Å². The highest BCUT2D eigenvalue weighted by Gasteiger charge is 2.16. The van der Waals surface area contributed by atoms with E-state index in [1.807, 2.05) is 19.1 Å². The molecule has 1 aromatic heterocycles. The van der Waals surface area contributed by atoms with E-state index in [0.29, 0.717) is 23.3 Å². The van der Waals surface area contributed by atoms with Crippen LogP contribution >= 0.6 is 11.6 Å². The van der Waals surface area contributed by atoms with E-state index >= 15 is 0 Å². The monoisotopic (exact) mass is 397 g/mol. The summed E-state index contributed by atoms with van der Waals surface area (Å²) in [5.41, 5.74) is 2.31. The lowest BCUT2D eigenvalue weighted by Crippen LogP contribution is -2.21. The molecule has 0 saturated carbocycles. The second kappa shape index (κ2) is 8.54. The van der Waals surface area contributed by atoms with Gasteiger partial charge in [0.25, 0.3) is 5.91 Å². The predicted molar refractivity (Wildman–Crippen MR) is 105 cm³/mol. The van der Waals surface area contributed by atoms with Crippen molar-refractivity contribution >= 4 is 35.5 Å².